The first-order valence-corrected chi connectivity index (χ1v) is 7.31. The lowest BCUT2D eigenvalue weighted by Gasteiger charge is -2.11. The van der Waals surface area contributed by atoms with Gasteiger partial charge in [0.2, 0.25) is 0 Å². The van der Waals surface area contributed by atoms with Crippen molar-refractivity contribution in [2.75, 3.05) is 17.7 Å². The van der Waals surface area contributed by atoms with Gasteiger partial charge in [-0.1, -0.05) is 6.92 Å². The average Bonchev–Trinajstić information content (AvgIpc) is 2.67. The molecule has 1 atom stereocenters. The molecule has 92 valence electrons. The quantitative estimate of drug-likeness (QED) is 0.847. The molecule has 2 aromatic rings. The van der Waals surface area contributed by atoms with Gasteiger partial charge in [0.1, 0.15) is 5.82 Å². The monoisotopic (exact) mass is 249 g/mol. The normalized spacial score (nSPS) is 13.1. The Labute approximate surface area is 106 Å². The molecule has 1 unspecified atom stereocenters. The average molecular weight is 249 g/mol. The number of thioether (sulfide) groups is 1. The van der Waals surface area contributed by atoms with Crippen molar-refractivity contribution in [1.82, 2.24) is 9.55 Å². The highest BCUT2D eigenvalue weighted by Crippen LogP contribution is 2.25. The molecule has 1 aromatic carbocycles. The lowest BCUT2D eigenvalue weighted by atomic mass is 10.2. The predicted molar refractivity (Wildman–Crippen MR) is 76.6 cm³/mol. The maximum Gasteiger partial charge on any atom is 0.113 e. The van der Waals surface area contributed by atoms with Gasteiger partial charge in [0.15, 0.2) is 0 Å². The van der Waals surface area contributed by atoms with Crippen molar-refractivity contribution in [1.29, 1.82) is 0 Å². The summed E-state index contributed by atoms with van der Waals surface area (Å²) in [5.41, 5.74) is 8.84. The van der Waals surface area contributed by atoms with E-state index in [9.17, 15) is 0 Å². The van der Waals surface area contributed by atoms with Crippen LogP contribution in [0.15, 0.2) is 18.2 Å². The van der Waals surface area contributed by atoms with E-state index in [4.69, 9.17) is 10.7 Å². The van der Waals surface area contributed by atoms with Crippen LogP contribution in [0.2, 0.25) is 0 Å². The van der Waals surface area contributed by atoms with Crippen LogP contribution in [0.3, 0.4) is 0 Å². The molecular weight excluding hydrogens is 230 g/mol. The van der Waals surface area contributed by atoms with Gasteiger partial charge in [0.25, 0.3) is 0 Å². The molecule has 1 aromatic heterocycles. The summed E-state index contributed by atoms with van der Waals surface area (Å²) in [6, 6.07) is 5.94. The van der Waals surface area contributed by atoms with Crippen LogP contribution in [0.25, 0.3) is 11.0 Å². The second-order valence-electron chi connectivity index (χ2n) is 4.32. The Hall–Kier alpha value is -1.16. The third kappa shape index (κ3) is 2.27. The van der Waals surface area contributed by atoms with Crippen molar-refractivity contribution in [3.63, 3.8) is 0 Å². The largest absolute Gasteiger partial charge is 0.399 e. The number of aromatic nitrogens is 2. The molecule has 0 aliphatic heterocycles. The van der Waals surface area contributed by atoms with Crippen LogP contribution in [0, 0.1) is 0 Å². The summed E-state index contributed by atoms with van der Waals surface area (Å²) < 4.78 is 2.27. The third-order valence-corrected chi connectivity index (χ3v) is 3.81. The minimum absolute atomic E-state index is 0.471. The molecule has 2 N–H and O–H groups in total. The van der Waals surface area contributed by atoms with Gasteiger partial charge in [-0.25, -0.2) is 4.98 Å². The number of nitrogen functional groups attached to an aromatic ring is 1. The zero-order valence-corrected chi connectivity index (χ0v) is 11.4. The Kier molecular flexibility index (Phi) is 3.62. The Bertz CT molecular complexity index is 519. The minimum atomic E-state index is 0.471. The summed E-state index contributed by atoms with van der Waals surface area (Å²) in [5.74, 6) is 2.74. The van der Waals surface area contributed by atoms with E-state index in [0.29, 0.717) is 5.92 Å². The van der Waals surface area contributed by atoms with Crippen LogP contribution in [-0.2, 0) is 6.54 Å². The number of nitrogens with zero attached hydrogens (tertiary/aromatic N) is 2. The lowest BCUT2D eigenvalue weighted by Crippen LogP contribution is -2.07. The van der Waals surface area contributed by atoms with E-state index in [-0.39, 0.29) is 0 Å². The summed E-state index contributed by atoms with van der Waals surface area (Å²) in [4.78, 5) is 4.74. The standard InChI is InChI=1S/C13H19N3S/c1-4-16-12-7-10(14)5-6-11(12)15-13(16)9(2)8-17-3/h5-7,9H,4,8,14H2,1-3H3. The van der Waals surface area contributed by atoms with E-state index in [0.717, 1.165) is 29.0 Å². The van der Waals surface area contributed by atoms with Gasteiger partial charge in [0, 0.05) is 23.9 Å². The van der Waals surface area contributed by atoms with E-state index in [1.165, 1.54) is 5.82 Å². The Morgan fingerprint density at radius 3 is 2.88 bits per heavy atom. The number of anilines is 1. The third-order valence-electron chi connectivity index (χ3n) is 2.98. The first kappa shape index (κ1) is 12.3. The molecule has 3 nitrogen and oxygen atoms in total. The number of imidazole rings is 1. The fourth-order valence-electron chi connectivity index (χ4n) is 2.19. The van der Waals surface area contributed by atoms with Crippen molar-refractivity contribution in [2.24, 2.45) is 0 Å². The van der Waals surface area contributed by atoms with Gasteiger partial charge in [-0.2, -0.15) is 11.8 Å². The van der Waals surface area contributed by atoms with E-state index < -0.39 is 0 Å². The highest BCUT2D eigenvalue weighted by molar-refractivity contribution is 7.98. The van der Waals surface area contributed by atoms with Crippen LogP contribution in [0.4, 0.5) is 5.69 Å². The zero-order valence-electron chi connectivity index (χ0n) is 10.6. The first-order valence-electron chi connectivity index (χ1n) is 5.92. The second kappa shape index (κ2) is 5.00. The molecule has 0 fully saturated rings. The molecule has 0 bridgehead atoms. The number of hydrogen-bond acceptors (Lipinski definition) is 3. The van der Waals surface area contributed by atoms with Crippen LogP contribution in [0.1, 0.15) is 25.6 Å². The van der Waals surface area contributed by atoms with Gasteiger partial charge >= 0.3 is 0 Å². The fourth-order valence-corrected chi connectivity index (χ4v) is 2.84. The smallest absolute Gasteiger partial charge is 0.113 e. The topological polar surface area (TPSA) is 43.8 Å². The van der Waals surface area contributed by atoms with Gasteiger partial charge in [0.05, 0.1) is 11.0 Å². The molecule has 1 heterocycles. The van der Waals surface area contributed by atoms with Gasteiger partial charge in [-0.05, 0) is 31.4 Å². The molecule has 0 spiro atoms. The number of benzene rings is 1. The molecule has 0 amide bonds. The van der Waals surface area contributed by atoms with Crippen LogP contribution < -0.4 is 5.73 Å². The summed E-state index contributed by atoms with van der Waals surface area (Å²) in [6.45, 7) is 5.32. The number of hydrogen-bond donors (Lipinski definition) is 1. The molecular formula is C13H19N3S. The molecule has 17 heavy (non-hydrogen) atoms. The highest BCUT2D eigenvalue weighted by Gasteiger charge is 2.15. The number of fused-ring (bicyclic) bond motifs is 1. The highest BCUT2D eigenvalue weighted by atomic mass is 32.2. The summed E-state index contributed by atoms with van der Waals surface area (Å²) in [6.07, 6.45) is 2.13. The van der Waals surface area contributed by atoms with Gasteiger partial charge < -0.3 is 10.3 Å². The van der Waals surface area contributed by atoms with E-state index in [1.54, 1.807) is 0 Å². The predicted octanol–water partition coefficient (Wildman–Crippen LogP) is 3.10. The molecule has 0 aliphatic rings. The Morgan fingerprint density at radius 2 is 2.24 bits per heavy atom. The number of aryl methyl sites for hydroxylation is 1. The molecule has 2 rings (SSSR count). The van der Waals surface area contributed by atoms with Crippen molar-refractivity contribution >= 4 is 28.5 Å². The van der Waals surface area contributed by atoms with E-state index >= 15 is 0 Å². The second-order valence-corrected chi connectivity index (χ2v) is 5.23. The zero-order chi connectivity index (χ0) is 12.4. The summed E-state index contributed by atoms with van der Waals surface area (Å²) in [5, 5.41) is 0. The Balaban J connectivity index is 2.55. The van der Waals surface area contributed by atoms with Gasteiger partial charge in [-0.15, -0.1) is 0 Å². The molecule has 0 radical (unpaired) electrons. The maximum atomic E-state index is 5.85. The minimum Gasteiger partial charge on any atom is -0.399 e. The fraction of sp³-hybridized carbons (Fsp3) is 0.462. The van der Waals surface area contributed by atoms with E-state index in [2.05, 4.69) is 24.7 Å². The molecule has 4 heteroatoms. The molecule has 0 aliphatic carbocycles. The maximum absolute atomic E-state index is 5.85. The number of rotatable bonds is 4. The summed E-state index contributed by atoms with van der Waals surface area (Å²) in [7, 11) is 0. The van der Waals surface area contributed by atoms with Gasteiger partial charge in [-0.3, -0.25) is 0 Å². The molecule has 0 saturated heterocycles. The van der Waals surface area contributed by atoms with Crippen molar-refractivity contribution in [3.05, 3.63) is 24.0 Å². The van der Waals surface area contributed by atoms with Crippen molar-refractivity contribution in [3.8, 4) is 0 Å². The SMILES string of the molecule is CCn1c(C(C)CSC)nc2ccc(N)cc21. The summed E-state index contributed by atoms with van der Waals surface area (Å²) >= 11 is 1.86. The lowest BCUT2D eigenvalue weighted by molar-refractivity contribution is 0.672. The van der Waals surface area contributed by atoms with Crippen molar-refractivity contribution in [2.45, 2.75) is 26.3 Å². The van der Waals surface area contributed by atoms with Crippen LogP contribution >= 0.6 is 11.8 Å². The number of nitrogens with two attached hydrogens (primary N) is 1. The molecule has 0 saturated carbocycles. The van der Waals surface area contributed by atoms with E-state index in [1.807, 2.05) is 30.0 Å². The Morgan fingerprint density at radius 1 is 1.47 bits per heavy atom. The van der Waals surface area contributed by atoms with Crippen LogP contribution in [0.5, 0.6) is 0 Å². The first-order chi connectivity index (χ1) is 8.17. The van der Waals surface area contributed by atoms with Crippen molar-refractivity contribution < 1.29 is 0 Å². The van der Waals surface area contributed by atoms with Crippen LogP contribution in [-0.4, -0.2) is 21.6 Å².